The van der Waals surface area contributed by atoms with Crippen LogP contribution in [0.1, 0.15) is 11.3 Å². The standard InChI is InChI=1S/C22H16F3N5OS2/c1-13-20(33-21(27-13)14-3-2-10-26-11-14)17-8-9-19(30-29-17)32-12-18(31)28-16-6-4-15(5-7-16)22(23,24)25/h2-11H,12H2,1H3,(H,28,31). The number of carbonyl (C=O) groups is 1. The summed E-state index contributed by atoms with van der Waals surface area (Å²) in [6.07, 6.45) is -0.957. The number of benzene rings is 1. The monoisotopic (exact) mass is 487 g/mol. The van der Waals surface area contributed by atoms with Crippen molar-refractivity contribution in [2.45, 2.75) is 18.1 Å². The number of thiazole rings is 1. The zero-order valence-corrected chi connectivity index (χ0v) is 18.8. The summed E-state index contributed by atoms with van der Waals surface area (Å²) in [5, 5.41) is 12.4. The Labute approximate surface area is 195 Å². The van der Waals surface area contributed by atoms with Crippen LogP contribution in [0.25, 0.3) is 21.1 Å². The maximum Gasteiger partial charge on any atom is 0.416 e. The van der Waals surface area contributed by atoms with Gasteiger partial charge in [-0.2, -0.15) is 13.2 Å². The van der Waals surface area contributed by atoms with Crippen molar-refractivity contribution >= 4 is 34.7 Å². The van der Waals surface area contributed by atoms with Crippen LogP contribution in [0.4, 0.5) is 18.9 Å². The topological polar surface area (TPSA) is 80.7 Å². The number of nitrogens with zero attached hydrogens (tertiary/aromatic N) is 4. The van der Waals surface area contributed by atoms with Crippen molar-refractivity contribution in [1.29, 1.82) is 0 Å². The van der Waals surface area contributed by atoms with Gasteiger partial charge in [-0.3, -0.25) is 9.78 Å². The first-order valence-electron chi connectivity index (χ1n) is 9.61. The molecule has 168 valence electrons. The molecule has 0 aliphatic heterocycles. The Balaban J connectivity index is 1.35. The Morgan fingerprint density at radius 2 is 1.88 bits per heavy atom. The molecule has 0 bridgehead atoms. The van der Waals surface area contributed by atoms with Crippen LogP contribution < -0.4 is 5.32 Å². The number of hydrogen-bond donors (Lipinski definition) is 1. The summed E-state index contributed by atoms with van der Waals surface area (Å²) >= 11 is 2.68. The molecule has 1 N–H and O–H groups in total. The van der Waals surface area contributed by atoms with Gasteiger partial charge < -0.3 is 5.32 Å². The van der Waals surface area contributed by atoms with Gasteiger partial charge in [0.25, 0.3) is 0 Å². The Morgan fingerprint density at radius 1 is 1.09 bits per heavy atom. The summed E-state index contributed by atoms with van der Waals surface area (Å²) in [5.74, 6) is -0.315. The number of pyridine rings is 1. The molecule has 3 heterocycles. The highest BCUT2D eigenvalue weighted by molar-refractivity contribution is 7.99. The van der Waals surface area contributed by atoms with Crippen molar-refractivity contribution in [2.24, 2.45) is 0 Å². The summed E-state index contributed by atoms with van der Waals surface area (Å²) in [7, 11) is 0. The van der Waals surface area contributed by atoms with Crippen molar-refractivity contribution in [3.63, 3.8) is 0 Å². The third-order valence-corrected chi connectivity index (χ3v) is 6.57. The van der Waals surface area contributed by atoms with Gasteiger partial charge in [0.05, 0.1) is 21.9 Å². The number of thioether (sulfide) groups is 1. The number of halogens is 3. The predicted octanol–water partition coefficient (Wildman–Crippen LogP) is 5.72. The molecule has 0 aliphatic carbocycles. The molecule has 0 saturated carbocycles. The van der Waals surface area contributed by atoms with Crippen LogP contribution in [-0.4, -0.2) is 31.8 Å². The normalized spacial score (nSPS) is 11.4. The predicted molar refractivity (Wildman–Crippen MR) is 122 cm³/mol. The van der Waals surface area contributed by atoms with Gasteiger partial charge >= 0.3 is 6.18 Å². The maximum atomic E-state index is 12.6. The second-order valence-corrected chi connectivity index (χ2v) is 8.84. The van der Waals surface area contributed by atoms with Crippen molar-refractivity contribution in [2.75, 3.05) is 11.1 Å². The fraction of sp³-hybridized carbons (Fsp3) is 0.136. The molecule has 4 rings (SSSR count). The van der Waals surface area contributed by atoms with E-state index in [0.29, 0.717) is 16.4 Å². The minimum atomic E-state index is -4.42. The van der Waals surface area contributed by atoms with E-state index in [4.69, 9.17) is 0 Å². The first-order valence-corrected chi connectivity index (χ1v) is 11.4. The zero-order valence-electron chi connectivity index (χ0n) is 17.1. The molecule has 0 saturated heterocycles. The third-order valence-electron chi connectivity index (χ3n) is 4.42. The van der Waals surface area contributed by atoms with Gasteiger partial charge in [-0.25, -0.2) is 4.98 Å². The number of aryl methyl sites for hydroxylation is 1. The van der Waals surface area contributed by atoms with Crippen molar-refractivity contribution in [3.05, 3.63) is 72.2 Å². The van der Waals surface area contributed by atoms with E-state index in [0.717, 1.165) is 33.3 Å². The molecule has 1 aromatic carbocycles. The first-order chi connectivity index (χ1) is 15.8. The van der Waals surface area contributed by atoms with Crippen LogP contribution in [0, 0.1) is 6.92 Å². The number of anilines is 1. The number of amides is 1. The average molecular weight is 488 g/mol. The highest BCUT2D eigenvalue weighted by Gasteiger charge is 2.30. The van der Waals surface area contributed by atoms with Crippen LogP contribution in [0.2, 0.25) is 0 Å². The first kappa shape index (κ1) is 22.9. The lowest BCUT2D eigenvalue weighted by atomic mass is 10.2. The van der Waals surface area contributed by atoms with E-state index in [9.17, 15) is 18.0 Å². The number of nitrogens with one attached hydrogen (secondary N) is 1. The maximum absolute atomic E-state index is 12.6. The highest BCUT2D eigenvalue weighted by Crippen LogP contribution is 2.34. The Hall–Kier alpha value is -3.31. The third kappa shape index (κ3) is 5.74. The van der Waals surface area contributed by atoms with Gasteiger partial charge in [0, 0.05) is 23.6 Å². The van der Waals surface area contributed by atoms with E-state index in [1.54, 1.807) is 18.5 Å². The number of carbonyl (C=O) groups excluding carboxylic acids is 1. The van der Waals surface area contributed by atoms with Gasteiger partial charge in [0.2, 0.25) is 5.91 Å². The fourth-order valence-electron chi connectivity index (χ4n) is 2.84. The molecule has 11 heteroatoms. The second kappa shape index (κ2) is 9.67. The Bertz CT molecular complexity index is 1240. The van der Waals surface area contributed by atoms with E-state index < -0.39 is 11.7 Å². The van der Waals surface area contributed by atoms with Crippen molar-refractivity contribution in [3.8, 4) is 21.1 Å². The summed E-state index contributed by atoms with van der Waals surface area (Å²) in [6.45, 7) is 1.90. The largest absolute Gasteiger partial charge is 0.416 e. The van der Waals surface area contributed by atoms with Gasteiger partial charge in [-0.1, -0.05) is 11.8 Å². The molecule has 0 spiro atoms. The van der Waals surface area contributed by atoms with Gasteiger partial charge in [0.1, 0.15) is 15.7 Å². The second-order valence-electron chi connectivity index (χ2n) is 6.84. The van der Waals surface area contributed by atoms with Crippen molar-refractivity contribution in [1.82, 2.24) is 20.2 Å². The lowest BCUT2D eigenvalue weighted by Gasteiger charge is -2.08. The highest BCUT2D eigenvalue weighted by atomic mass is 32.2. The van der Waals surface area contributed by atoms with Crippen LogP contribution in [-0.2, 0) is 11.0 Å². The summed E-state index contributed by atoms with van der Waals surface area (Å²) in [5.41, 5.74) is 1.97. The van der Waals surface area contributed by atoms with E-state index >= 15 is 0 Å². The van der Waals surface area contributed by atoms with E-state index in [1.807, 2.05) is 25.1 Å². The van der Waals surface area contributed by atoms with E-state index in [1.165, 1.54) is 35.2 Å². The number of hydrogen-bond acceptors (Lipinski definition) is 7. The molecule has 33 heavy (non-hydrogen) atoms. The zero-order chi connectivity index (χ0) is 23.4. The Morgan fingerprint density at radius 3 is 2.52 bits per heavy atom. The number of aromatic nitrogens is 4. The molecule has 6 nitrogen and oxygen atoms in total. The molecular formula is C22H16F3N5OS2. The minimum Gasteiger partial charge on any atom is -0.325 e. The quantitative estimate of drug-likeness (QED) is 0.351. The lowest BCUT2D eigenvalue weighted by molar-refractivity contribution is -0.137. The molecule has 0 aliphatic rings. The van der Waals surface area contributed by atoms with Crippen molar-refractivity contribution < 1.29 is 18.0 Å². The van der Waals surface area contributed by atoms with E-state index in [-0.39, 0.29) is 11.7 Å². The fourth-order valence-corrected chi connectivity index (χ4v) is 4.48. The molecule has 0 unspecified atom stereocenters. The molecular weight excluding hydrogens is 471 g/mol. The van der Waals surface area contributed by atoms with Crippen LogP contribution in [0.5, 0.6) is 0 Å². The summed E-state index contributed by atoms with van der Waals surface area (Å²) < 4.78 is 37.9. The average Bonchev–Trinajstić information content (AvgIpc) is 3.20. The SMILES string of the molecule is Cc1nc(-c2cccnc2)sc1-c1ccc(SCC(=O)Nc2ccc(C(F)(F)F)cc2)nn1. The smallest absolute Gasteiger partial charge is 0.325 e. The van der Waals surface area contributed by atoms with Crippen LogP contribution in [0.3, 0.4) is 0 Å². The minimum absolute atomic E-state index is 0.0415. The molecule has 4 aromatic rings. The summed E-state index contributed by atoms with van der Waals surface area (Å²) in [6, 6.07) is 11.7. The summed E-state index contributed by atoms with van der Waals surface area (Å²) in [4.78, 5) is 21.7. The van der Waals surface area contributed by atoms with Crippen LogP contribution in [0.15, 0.2) is 66.0 Å². The molecule has 0 atom stereocenters. The molecule has 3 aromatic heterocycles. The molecule has 0 radical (unpaired) electrons. The molecule has 1 amide bonds. The van der Waals surface area contributed by atoms with Crippen LogP contribution >= 0.6 is 23.1 Å². The number of alkyl halides is 3. The van der Waals surface area contributed by atoms with E-state index in [2.05, 4.69) is 25.5 Å². The van der Waals surface area contributed by atoms with Gasteiger partial charge in [0.15, 0.2) is 0 Å². The van der Waals surface area contributed by atoms with Gasteiger partial charge in [-0.15, -0.1) is 21.5 Å². The Kier molecular flexibility index (Phi) is 6.70. The van der Waals surface area contributed by atoms with Gasteiger partial charge in [-0.05, 0) is 55.5 Å². The number of rotatable bonds is 6. The lowest BCUT2D eigenvalue weighted by Crippen LogP contribution is -2.14. The molecule has 0 fully saturated rings.